The van der Waals surface area contributed by atoms with Crippen LogP contribution in [0.25, 0.3) is 22.4 Å². The van der Waals surface area contributed by atoms with E-state index in [-0.39, 0.29) is 0 Å². The number of aryl methyl sites for hydroxylation is 1. The summed E-state index contributed by atoms with van der Waals surface area (Å²) in [6.07, 6.45) is 8.69. The Morgan fingerprint density at radius 2 is 1.85 bits per heavy atom. The molecule has 0 unspecified atom stereocenters. The van der Waals surface area contributed by atoms with Crippen LogP contribution < -0.4 is 14.4 Å². The molecule has 1 aliphatic heterocycles. The molecule has 1 aromatic carbocycles. The first-order valence-corrected chi connectivity index (χ1v) is 12.8. The van der Waals surface area contributed by atoms with E-state index in [1.54, 1.807) is 7.11 Å². The third-order valence-corrected chi connectivity index (χ3v) is 7.39. The Balaban J connectivity index is 1.47. The number of benzene rings is 1. The van der Waals surface area contributed by atoms with Crippen molar-refractivity contribution < 1.29 is 13.9 Å². The molecular formula is C28H37N3O3. The van der Waals surface area contributed by atoms with E-state index in [2.05, 4.69) is 29.0 Å². The summed E-state index contributed by atoms with van der Waals surface area (Å²) in [5, 5.41) is 1.09. The minimum absolute atomic E-state index is 0.546. The van der Waals surface area contributed by atoms with Gasteiger partial charge in [0.05, 0.1) is 19.2 Å². The number of methoxy groups -OCH3 is 1. The van der Waals surface area contributed by atoms with Gasteiger partial charge in [0.1, 0.15) is 11.5 Å². The van der Waals surface area contributed by atoms with Gasteiger partial charge in [-0.1, -0.05) is 12.8 Å². The first-order chi connectivity index (χ1) is 16.6. The lowest BCUT2D eigenvalue weighted by molar-refractivity contribution is 0.254. The smallest absolute Gasteiger partial charge is 0.163 e. The fourth-order valence-electron chi connectivity index (χ4n) is 5.44. The quantitative estimate of drug-likeness (QED) is 0.360. The molecular weight excluding hydrogens is 426 g/mol. The summed E-state index contributed by atoms with van der Waals surface area (Å²) >= 11 is 0. The Bertz CT molecular complexity index is 1110. The van der Waals surface area contributed by atoms with Crippen molar-refractivity contribution in [3.05, 3.63) is 36.1 Å². The Kier molecular flexibility index (Phi) is 6.95. The lowest BCUT2D eigenvalue weighted by atomic mass is 10.1. The Hall–Kier alpha value is -2.73. The van der Waals surface area contributed by atoms with E-state index in [9.17, 15) is 0 Å². The van der Waals surface area contributed by atoms with Gasteiger partial charge in [0, 0.05) is 36.8 Å². The van der Waals surface area contributed by atoms with Crippen LogP contribution in [0.4, 0.5) is 5.69 Å². The number of hydrogen-bond acceptors (Lipinski definition) is 6. The van der Waals surface area contributed by atoms with Gasteiger partial charge in [-0.05, 0) is 76.4 Å². The Morgan fingerprint density at radius 3 is 2.56 bits per heavy atom. The first kappa shape index (κ1) is 23.0. The van der Waals surface area contributed by atoms with Gasteiger partial charge in [-0.25, -0.2) is 4.98 Å². The summed E-state index contributed by atoms with van der Waals surface area (Å²) < 4.78 is 17.9. The highest BCUT2D eigenvalue weighted by molar-refractivity contribution is 5.96. The molecule has 5 rings (SSSR count). The molecule has 182 valence electrons. The molecule has 1 saturated carbocycles. The molecule has 6 nitrogen and oxygen atoms in total. The monoisotopic (exact) mass is 463 g/mol. The molecule has 2 aliphatic rings. The van der Waals surface area contributed by atoms with Crippen molar-refractivity contribution in [3.8, 4) is 23.0 Å². The number of nitrogens with zero attached hydrogens (tertiary/aromatic N) is 3. The van der Waals surface area contributed by atoms with E-state index >= 15 is 0 Å². The number of furan rings is 1. The van der Waals surface area contributed by atoms with Gasteiger partial charge in [0.25, 0.3) is 0 Å². The molecule has 6 heteroatoms. The minimum Gasteiger partial charge on any atom is -0.493 e. The molecule has 1 saturated heterocycles. The summed E-state index contributed by atoms with van der Waals surface area (Å²) in [6.45, 7) is 6.16. The molecule has 2 aromatic heterocycles. The highest BCUT2D eigenvalue weighted by atomic mass is 16.5. The molecule has 3 heterocycles. The Labute approximate surface area is 202 Å². The topological polar surface area (TPSA) is 51.0 Å². The van der Waals surface area contributed by atoms with Gasteiger partial charge in [-0.2, -0.15) is 0 Å². The van der Waals surface area contributed by atoms with Crippen molar-refractivity contribution in [1.82, 2.24) is 9.88 Å². The third-order valence-electron chi connectivity index (χ3n) is 7.39. The van der Waals surface area contributed by atoms with Crippen molar-refractivity contribution in [2.45, 2.75) is 57.9 Å². The minimum atomic E-state index is 0.546. The SMILES string of the molecule is COc1cc2c(N(C)C3CCCC3)cc(-c3ccc(C)o3)nc2cc1OCCCN1CCCC1. The lowest BCUT2D eigenvalue weighted by Gasteiger charge is -2.28. The van der Waals surface area contributed by atoms with Crippen molar-refractivity contribution in [2.24, 2.45) is 0 Å². The van der Waals surface area contributed by atoms with Gasteiger partial charge in [-0.15, -0.1) is 0 Å². The number of rotatable bonds is 9. The van der Waals surface area contributed by atoms with Crippen molar-refractivity contribution in [3.63, 3.8) is 0 Å². The van der Waals surface area contributed by atoms with Crippen LogP contribution in [0, 0.1) is 6.92 Å². The van der Waals surface area contributed by atoms with E-state index in [1.165, 1.54) is 57.3 Å². The number of hydrogen-bond donors (Lipinski definition) is 0. The van der Waals surface area contributed by atoms with E-state index in [0.717, 1.165) is 52.6 Å². The molecule has 0 atom stereocenters. The highest BCUT2D eigenvalue weighted by Crippen LogP contribution is 2.40. The lowest BCUT2D eigenvalue weighted by Crippen LogP contribution is -2.29. The van der Waals surface area contributed by atoms with Crippen LogP contribution in [0.3, 0.4) is 0 Å². The standard InChI is InChI=1S/C28H37N3O3/c1-20-11-12-26(34-20)24-18-25(30(2)21-9-4-5-10-21)22-17-27(32-3)28(19-23(22)29-24)33-16-8-15-31-13-6-7-14-31/h11-12,17-19,21H,4-10,13-16H2,1-3H3. The maximum atomic E-state index is 6.22. The average molecular weight is 464 g/mol. The number of aromatic nitrogens is 1. The van der Waals surface area contributed by atoms with Crippen LogP contribution >= 0.6 is 0 Å². The predicted octanol–water partition coefficient (Wildman–Crippen LogP) is 6.06. The maximum absolute atomic E-state index is 6.22. The molecule has 34 heavy (non-hydrogen) atoms. The van der Waals surface area contributed by atoms with Crippen molar-refractivity contribution in [2.75, 3.05) is 45.3 Å². The van der Waals surface area contributed by atoms with Crippen LogP contribution in [0.1, 0.15) is 50.7 Å². The summed E-state index contributed by atoms with van der Waals surface area (Å²) in [5.41, 5.74) is 2.92. The van der Waals surface area contributed by atoms with E-state index in [1.807, 2.05) is 25.1 Å². The summed E-state index contributed by atoms with van der Waals surface area (Å²) in [4.78, 5) is 9.93. The van der Waals surface area contributed by atoms with Crippen LogP contribution in [0.2, 0.25) is 0 Å². The fraction of sp³-hybridized carbons (Fsp3) is 0.536. The van der Waals surface area contributed by atoms with Gasteiger partial charge >= 0.3 is 0 Å². The zero-order chi connectivity index (χ0) is 23.5. The molecule has 1 aliphatic carbocycles. The van der Waals surface area contributed by atoms with Gasteiger partial charge in [-0.3, -0.25) is 0 Å². The molecule has 0 amide bonds. The second-order valence-corrected chi connectivity index (χ2v) is 9.76. The fourth-order valence-corrected chi connectivity index (χ4v) is 5.44. The predicted molar refractivity (Wildman–Crippen MR) is 137 cm³/mol. The van der Waals surface area contributed by atoms with Crippen molar-refractivity contribution >= 4 is 16.6 Å². The van der Waals surface area contributed by atoms with Gasteiger partial charge in [0.15, 0.2) is 17.3 Å². The van der Waals surface area contributed by atoms with Gasteiger partial charge in [0.2, 0.25) is 0 Å². The second-order valence-electron chi connectivity index (χ2n) is 9.76. The van der Waals surface area contributed by atoms with E-state index in [0.29, 0.717) is 12.6 Å². The average Bonchev–Trinajstić information content (AvgIpc) is 3.63. The molecule has 0 spiro atoms. The molecule has 0 N–H and O–H groups in total. The largest absolute Gasteiger partial charge is 0.493 e. The van der Waals surface area contributed by atoms with Crippen molar-refractivity contribution in [1.29, 1.82) is 0 Å². The summed E-state index contributed by atoms with van der Waals surface area (Å²) in [7, 11) is 3.92. The van der Waals surface area contributed by atoms with Crippen LogP contribution in [-0.2, 0) is 0 Å². The number of fused-ring (bicyclic) bond motifs is 1. The molecule has 2 fully saturated rings. The normalized spacial score (nSPS) is 17.0. The van der Waals surface area contributed by atoms with Gasteiger partial charge < -0.3 is 23.7 Å². The molecule has 0 bridgehead atoms. The number of ether oxygens (including phenoxy) is 2. The number of pyridine rings is 1. The van der Waals surface area contributed by atoms with Crippen LogP contribution in [-0.4, -0.2) is 56.3 Å². The third kappa shape index (κ3) is 4.88. The van der Waals surface area contributed by atoms with E-state index < -0.39 is 0 Å². The van der Waals surface area contributed by atoms with Crippen LogP contribution in [0.15, 0.2) is 34.7 Å². The zero-order valence-electron chi connectivity index (χ0n) is 20.8. The molecule has 0 radical (unpaired) electrons. The number of anilines is 1. The van der Waals surface area contributed by atoms with E-state index in [4.69, 9.17) is 18.9 Å². The highest BCUT2D eigenvalue weighted by Gasteiger charge is 2.24. The summed E-state index contributed by atoms with van der Waals surface area (Å²) in [6, 6.07) is 10.8. The van der Waals surface area contributed by atoms with Crippen LogP contribution in [0.5, 0.6) is 11.5 Å². The number of likely N-dealkylation sites (tertiary alicyclic amines) is 1. The summed E-state index contributed by atoms with van der Waals surface area (Å²) in [5.74, 6) is 3.20. The Morgan fingerprint density at radius 1 is 1.06 bits per heavy atom. The second kappa shape index (κ2) is 10.3. The first-order valence-electron chi connectivity index (χ1n) is 12.8. The molecule has 3 aromatic rings. The zero-order valence-corrected chi connectivity index (χ0v) is 20.8. The maximum Gasteiger partial charge on any atom is 0.163 e.